The number of benzene rings is 2. The number of hydrogen-bond donors (Lipinski definition) is 2. The standard InChI is InChI=1S/C22H23Cl2N3O/c1-2-14-4-3-5-15(12-14)26-20(28)13-27-19-9-11-25-10-8-16(19)21-17(23)6-7-18(24)22(21)27/h3-7,12,25H,2,8-11,13H2,1H3,(H,26,28). The first-order valence-corrected chi connectivity index (χ1v) is 10.4. The van der Waals surface area contributed by atoms with E-state index in [-0.39, 0.29) is 12.5 Å². The minimum absolute atomic E-state index is 0.0683. The Kier molecular flexibility index (Phi) is 5.63. The molecule has 0 fully saturated rings. The maximum absolute atomic E-state index is 12.9. The fourth-order valence-corrected chi connectivity index (χ4v) is 4.55. The molecule has 1 amide bonds. The van der Waals surface area contributed by atoms with Gasteiger partial charge in [0.1, 0.15) is 6.54 Å². The van der Waals surface area contributed by atoms with Gasteiger partial charge in [-0.05, 0) is 54.8 Å². The molecule has 2 heterocycles. The number of nitrogens with zero attached hydrogens (tertiary/aromatic N) is 1. The van der Waals surface area contributed by atoms with Crippen LogP contribution in [0.15, 0.2) is 36.4 Å². The molecule has 0 bridgehead atoms. The molecule has 0 saturated carbocycles. The lowest BCUT2D eigenvalue weighted by molar-refractivity contribution is -0.116. The molecule has 0 aliphatic carbocycles. The fourth-order valence-electron chi connectivity index (χ4n) is 4.02. The molecular weight excluding hydrogens is 393 g/mol. The summed E-state index contributed by atoms with van der Waals surface area (Å²) in [7, 11) is 0. The predicted octanol–water partition coefficient (Wildman–Crippen LogP) is 4.84. The van der Waals surface area contributed by atoms with Crippen molar-refractivity contribution in [3.8, 4) is 0 Å². The number of amides is 1. The largest absolute Gasteiger partial charge is 0.334 e. The second-order valence-corrected chi connectivity index (χ2v) is 7.93. The van der Waals surface area contributed by atoms with E-state index in [0.29, 0.717) is 10.0 Å². The maximum Gasteiger partial charge on any atom is 0.244 e. The van der Waals surface area contributed by atoms with Gasteiger partial charge in [-0.15, -0.1) is 0 Å². The minimum Gasteiger partial charge on any atom is -0.334 e. The summed E-state index contributed by atoms with van der Waals surface area (Å²) < 4.78 is 2.05. The number of carbonyl (C=O) groups is 1. The summed E-state index contributed by atoms with van der Waals surface area (Å²) >= 11 is 13.1. The van der Waals surface area contributed by atoms with E-state index in [1.165, 1.54) is 11.1 Å². The highest BCUT2D eigenvalue weighted by molar-refractivity contribution is 6.40. The van der Waals surface area contributed by atoms with Crippen LogP contribution in [-0.2, 0) is 30.6 Å². The highest BCUT2D eigenvalue weighted by atomic mass is 35.5. The molecule has 0 unspecified atom stereocenters. The number of nitrogens with one attached hydrogen (secondary N) is 2. The number of carbonyl (C=O) groups excluding carboxylic acids is 1. The zero-order valence-corrected chi connectivity index (χ0v) is 17.3. The number of anilines is 1. The number of aryl methyl sites for hydroxylation is 1. The van der Waals surface area contributed by atoms with Crippen molar-refractivity contribution in [2.24, 2.45) is 0 Å². The maximum atomic E-state index is 12.9. The summed E-state index contributed by atoms with van der Waals surface area (Å²) in [5.41, 5.74) is 5.22. The van der Waals surface area contributed by atoms with Crippen LogP contribution in [-0.4, -0.2) is 23.6 Å². The first kappa shape index (κ1) is 19.3. The van der Waals surface area contributed by atoms with E-state index in [1.807, 2.05) is 34.9 Å². The van der Waals surface area contributed by atoms with Gasteiger partial charge in [-0.3, -0.25) is 4.79 Å². The van der Waals surface area contributed by atoms with Crippen molar-refractivity contribution in [1.82, 2.24) is 9.88 Å². The van der Waals surface area contributed by atoms with Crippen LogP contribution in [0.25, 0.3) is 10.9 Å². The van der Waals surface area contributed by atoms with E-state index in [0.717, 1.165) is 54.6 Å². The van der Waals surface area contributed by atoms with Gasteiger partial charge in [-0.1, -0.05) is 42.3 Å². The lowest BCUT2D eigenvalue weighted by Crippen LogP contribution is -2.21. The van der Waals surface area contributed by atoms with Crippen LogP contribution in [0.1, 0.15) is 23.7 Å². The first-order valence-electron chi connectivity index (χ1n) is 9.66. The van der Waals surface area contributed by atoms with Gasteiger partial charge in [-0.2, -0.15) is 0 Å². The van der Waals surface area contributed by atoms with Crippen LogP contribution >= 0.6 is 23.2 Å². The summed E-state index contributed by atoms with van der Waals surface area (Å²) in [6, 6.07) is 11.6. The predicted molar refractivity (Wildman–Crippen MR) is 117 cm³/mol. The molecule has 0 radical (unpaired) electrons. The van der Waals surface area contributed by atoms with Gasteiger partial charge >= 0.3 is 0 Å². The second-order valence-electron chi connectivity index (χ2n) is 7.12. The molecule has 146 valence electrons. The first-order chi connectivity index (χ1) is 13.6. The highest BCUT2D eigenvalue weighted by Gasteiger charge is 2.23. The van der Waals surface area contributed by atoms with Gasteiger partial charge in [-0.25, -0.2) is 0 Å². The van der Waals surface area contributed by atoms with Crippen molar-refractivity contribution in [3.63, 3.8) is 0 Å². The molecule has 6 heteroatoms. The van der Waals surface area contributed by atoms with Crippen molar-refractivity contribution in [3.05, 3.63) is 63.3 Å². The number of rotatable bonds is 4. The SMILES string of the molecule is CCc1cccc(NC(=O)Cn2c3c(c4c(Cl)ccc(Cl)c42)CCNCC3)c1. The van der Waals surface area contributed by atoms with E-state index in [4.69, 9.17) is 23.2 Å². The zero-order valence-electron chi connectivity index (χ0n) is 15.8. The van der Waals surface area contributed by atoms with Gasteiger partial charge in [0.2, 0.25) is 5.91 Å². The van der Waals surface area contributed by atoms with Gasteiger partial charge in [0.05, 0.1) is 15.6 Å². The summed E-state index contributed by atoms with van der Waals surface area (Å²) in [4.78, 5) is 12.9. The molecule has 4 rings (SSSR count). The average molecular weight is 416 g/mol. The van der Waals surface area contributed by atoms with Gasteiger partial charge in [0, 0.05) is 29.7 Å². The summed E-state index contributed by atoms with van der Waals surface area (Å²) in [5.74, 6) is -0.0683. The number of aromatic nitrogens is 1. The van der Waals surface area contributed by atoms with Crippen LogP contribution in [0.5, 0.6) is 0 Å². The molecule has 3 aromatic rings. The Bertz CT molecular complexity index is 1040. The molecule has 28 heavy (non-hydrogen) atoms. The van der Waals surface area contributed by atoms with Crippen LogP contribution < -0.4 is 10.6 Å². The highest BCUT2D eigenvalue weighted by Crippen LogP contribution is 2.37. The van der Waals surface area contributed by atoms with Crippen molar-refractivity contribution < 1.29 is 4.79 Å². The van der Waals surface area contributed by atoms with Crippen LogP contribution in [0, 0.1) is 0 Å². The van der Waals surface area contributed by atoms with Crippen LogP contribution in [0.2, 0.25) is 10.0 Å². The van der Waals surface area contributed by atoms with E-state index in [2.05, 4.69) is 23.6 Å². The Balaban J connectivity index is 1.72. The number of fused-ring (bicyclic) bond motifs is 3. The Morgan fingerprint density at radius 1 is 1.14 bits per heavy atom. The summed E-state index contributed by atoms with van der Waals surface area (Å²) in [5, 5.41) is 8.74. The van der Waals surface area contributed by atoms with E-state index in [9.17, 15) is 4.79 Å². The molecule has 1 aliphatic rings. The molecule has 4 nitrogen and oxygen atoms in total. The molecule has 1 aliphatic heterocycles. The lowest BCUT2D eigenvalue weighted by Gasteiger charge is -2.13. The van der Waals surface area contributed by atoms with Gasteiger partial charge < -0.3 is 15.2 Å². The summed E-state index contributed by atoms with van der Waals surface area (Å²) in [6.07, 6.45) is 2.65. The molecule has 0 atom stereocenters. The van der Waals surface area contributed by atoms with Crippen molar-refractivity contribution in [1.29, 1.82) is 0 Å². The van der Waals surface area contributed by atoms with Crippen LogP contribution in [0.4, 0.5) is 5.69 Å². The zero-order chi connectivity index (χ0) is 19.7. The van der Waals surface area contributed by atoms with Crippen LogP contribution in [0.3, 0.4) is 0 Å². The monoisotopic (exact) mass is 415 g/mol. The summed E-state index contributed by atoms with van der Waals surface area (Å²) in [6.45, 7) is 4.08. The fraction of sp³-hybridized carbons (Fsp3) is 0.318. The number of halogens is 2. The average Bonchev–Trinajstić information content (AvgIpc) is 2.83. The Morgan fingerprint density at radius 2 is 1.93 bits per heavy atom. The Morgan fingerprint density at radius 3 is 2.75 bits per heavy atom. The van der Waals surface area contributed by atoms with Gasteiger partial charge in [0.25, 0.3) is 0 Å². The molecular formula is C22H23Cl2N3O. The second kappa shape index (κ2) is 8.16. The topological polar surface area (TPSA) is 46.1 Å². The van der Waals surface area contributed by atoms with E-state index in [1.54, 1.807) is 0 Å². The van der Waals surface area contributed by atoms with Gasteiger partial charge in [0.15, 0.2) is 0 Å². The smallest absolute Gasteiger partial charge is 0.244 e. The molecule has 2 aromatic carbocycles. The van der Waals surface area contributed by atoms with Crippen molar-refractivity contribution >= 4 is 45.7 Å². The van der Waals surface area contributed by atoms with Crippen molar-refractivity contribution in [2.45, 2.75) is 32.7 Å². The molecule has 1 aromatic heterocycles. The molecule has 0 saturated heterocycles. The lowest BCUT2D eigenvalue weighted by atomic mass is 10.1. The van der Waals surface area contributed by atoms with E-state index >= 15 is 0 Å². The Labute approximate surface area is 174 Å². The van der Waals surface area contributed by atoms with E-state index < -0.39 is 0 Å². The third kappa shape index (κ3) is 3.64. The quantitative estimate of drug-likeness (QED) is 0.640. The third-order valence-electron chi connectivity index (χ3n) is 5.33. The molecule has 2 N–H and O–H groups in total. The molecule has 0 spiro atoms. The third-order valence-corrected chi connectivity index (χ3v) is 5.95. The van der Waals surface area contributed by atoms with Crippen molar-refractivity contribution in [2.75, 3.05) is 18.4 Å². The Hall–Kier alpha value is -2.01. The minimum atomic E-state index is -0.0683. The number of hydrogen-bond acceptors (Lipinski definition) is 2. The normalized spacial score (nSPS) is 14.0.